The Bertz CT molecular complexity index is 838. The first kappa shape index (κ1) is 19.2. The molecule has 3 rings (SSSR count). The number of amides is 1. The van der Waals surface area contributed by atoms with Crippen LogP contribution in [0.2, 0.25) is 5.02 Å². The Kier molecular flexibility index (Phi) is 6.35. The lowest BCUT2D eigenvalue weighted by Gasteiger charge is -2.25. The molecular weight excluding hydrogens is 364 g/mol. The van der Waals surface area contributed by atoms with Crippen molar-refractivity contribution in [3.05, 3.63) is 64.7 Å². The van der Waals surface area contributed by atoms with Crippen molar-refractivity contribution in [2.75, 3.05) is 13.7 Å². The van der Waals surface area contributed by atoms with Crippen LogP contribution in [0.4, 0.5) is 0 Å². The van der Waals surface area contributed by atoms with E-state index in [0.717, 1.165) is 22.6 Å². The Morgan fingerprint density at radius 1 is 1.26 bits per heavy atom. The van der Waals surface area contributed by atoms with E-state index >= 15 is 0 Å². The molecule has 0 aliphatic carbocycles. The van der Waals surface area contributed by atoms with Crippen molar-refractivity contribution in [3.63, 3.8) is 0 Å². The van der Waals surface area contributed by atoms with E-state index in [1.54, 1.807) is 12.0 Å². The zero-order valence-corrected chi connectivity index (χ0v) is 16.3. The van der Waals surface area contributed by atoms with Gasteiger partial charge in [-0.1, -0.05) is 54.0 Å². The highest BCUT2D eigenvalue weighted by atomic mass is 35.5. The summed E-state index contributed by atoms with van der Waals surface area (Å²) < 4.78 is 5.41. The summed E-state index contributed by atoms with van der Waals surface area (Å²) in [6, 6.07) is 15.3. The zero-order chi connectivity index (χ0) is 19.2. The summed E-state index contributed by atoms with van der Waals surface area (Å²) >= 11 is 6.26. The van der Waals surface area contributed by atoms with Gasteiger partial charge in [0.15, 0.2) is 6.10 Å². The lowest BCUT2D eigenvalue weighted by molar-refractivity contribution is -0.133. The number of carbonyl (C=O) groups excluding carboxylic acids is 1. The zero-order valence-electron chi connectivity index (χ0n) is 15.5. The smallest absolute Gasteiger partial charge is 0.222 e. The van der Waals surface area contributed by atoms with Gasteiger partial charge in [0.1, 0.15) is 5.75 Å². The van der Waals surface area contributed by atoms with Crippen LogP contribution in [0.5, 0.6) is 5.75 Å². The van der Waals surface area contributed by atoms with Crippen LogP contribution in [-0.2, 0) is 16.2 Å². The summed E-state index contributed by atoms with van der Waals surface area (Å²) in [4.78, 5) is 19.8. The average molecular weight is 387 g/mol. The van der Waals surface area contributed by atoms with Crippen LogP contribution in [0.3, 0.4) is 0 Å². The minimum absolute atomic E-state index is 0.0595. The molecule has 2 aromatic rings. The molecule has 0 bridgehead atoms. The van der Waals surface area contributed by atoms with Crippen molar-refractivity contribution in [2.24, 2.45) is 5.16 Å². The summed E-state index contributed by atoms with van der Waals surface area (Å²) in [6.45, 7) is 2.77. The highest BCUT2D eigenvalue weighted by Crippen LogP contribution is 2.25. The molecule has 1 aliphatic heterocycles. The van der Waals surface area contributed by atoms with Crippen molar-refractivity contribution in [1.29, 1.82) is 0 Å². The Labute approximate surface area is 164 Å². The Balaban J connectivity index is 1.69. The SMILES string of the molecule is CCC(=O)N(Cc1ccccc1Cl)C[C@@H]1CC(c2ccccc2OC)=NO1. The van der Waals surface area contributed by atoms with Gasteiger partial charge in [-0.3, -0.25) is 4.79 Å². The summed E-state index contributed by atoms with van der Waals surface area (Å²) in [5.74, 6) is 0.822. The van der Waals surface area contributed by atoms with Crippen LogP contribution in [0.1, 0.15) is 30.9 Å². The summed E-state index contributed by atoms with van der Waals surface area (Å²) in [5, 5.41) is 4.89. The van der Waals surface area contributed by atoms with Crippen LogP contribution in [0.15, 0.2) is 53.7 Å². The van der Waals surface area contributed by atoms with Gasteiger partial charge in [0.05, 0.1) is 19.4 Å². The van der Waals surface area contributed by atoms with E-state index in [2.05, 4.69) is 5.16 Å². The van der Waals surface area contributed by atoms with E-state index in [-0.39, 0.29) is 12.0 Å². The van der Waals surface area contributed by atoms with Gasteiger partial charge in [-0.15, -0.1) is 0 Å². The number of oxime groups is 1. The summed E-state index contributed by atoms with van der Waals surface area (Å²) in [7, 11) is 1.64. The van der Waals surface area contributed by atoms with Crippen molar-refractivity contribution >= 4 is 23.2 Å². The van der Waals surface area contributed by atoms with Crippen molar-refractivity contribution in [3.8, 4) is 5.75 Å². The molecule has 0 spiro atoms. The van der Waals surface area contributed by atoms with Crippen LogP contribution >= 0.6 is 11.6 Å². The van der Waals surface area contributed by atoms with Crippen LogP contribution < -0.4 is 4.74 Å². The third-order valence-corrected chi connectivity index (χ3v) is 4.92. The van der Waals surface area contributed by atoms with Gasteiger partial charge in [-0.25, -0.2) is 0 Å². The molecule has 0 N–H and O–H groups in total. The minimum Gasteiger partial charge on any atom is -0.496 e. The molecule has 0 saturated carbocycles. The number of methoxy groups -OCH3 is 1. The minimum atomic E-state index is -0.192. The number of hydrogen-bond donors (Lipinski definition) is 0. The van der Waals surface area contributed by atoms with E-state index in [4.69, 9.17) is 21.2 Å². The highest BCUT2D eigenvalue weighted by Gasteiger charge is 2.27. The van der Waals surface area contributed by atoms with E-state index < -0.39 is 0 Å². The van der Waals surface area contributed by atoms with Gasteiger partial charge in [0.2, 0.25) is 5.91 Å². The second-order valence-corrected chi connectivity index (χ2v) is 6.80. The first-order chi connectivity index (χ1) is 13.1. The number of rotatable bonds is 7. The standard InChI is InChI=1S/C21H23ClN2O3/c1-3-21(25)24(13-15-8-4-6-10-18(15)22)14-16-12-19(23-27-16)17-9-5-7-11-20(17)26-2/h4-11,16H,3,12-14H2,1-2H3/t16-/m0/s1. The molecule has 6 heteroatoms. The molecule has 1 heterocycles. The van der Waals surface area contributed by atoms with Crippen LogP contribution in [-0.4, -0.2) is 36.3 Å². The van der Waals surface area contributed by atoms with Gasteiger partial charge >= 0.3 is 0 Å². The maximum absolute atomic E-state index is 12.4. The Morgan fingerprint density at radius 2 is 2.00 bits per heavy atom. The van der Waals surface area contributed by atoms with Crippen LogP contribution in [0, 0.1) is 0 Å². The fourth-order valence-electron chi connectivity index (χ4n) is 3.12. The molecule has 0 radical (unpaired) electrons. The van der Waals surface area contributed by atoms with Gasteiger partial charge in [-0.05, 0) is 23.8 Å². The second kappa shape index (κ2) is 8.91. The lowest BCUT2D eigenvalue weighted by Crippen LogP contribution is -2.37. The molecule has 1 amide bonds. The molecule has 0 unspecified atom stereocenters. The van der Waals surface area contributed by atoms with E-state index in [0.29, 0.717) is 31.0 Å². The van der Waals surface area contributed by atoms with Gasteiger partial charge in [-0.2, -0.15) is 0 Å². The highest BCUT2D eigenvalue weighted by molar-refractivity contribution is 6.31. The van der Waals surface area contributed by atoms with E-state index in [1.807, 2.05) is 55.5 Å². The summed E-state index contributed by atoms with van der Waals surface area (Å²) in [5.41, 5.74) is 2.67. The first-order valence-corrected chi connectivity index (χ1v) is 9.37. The number of para-hydroxylation sites is 1. The number of ether oxygens (including phenoxy) is 1. The average Bonchev–Trinajstić information content (AvgIpc) is 3.16. The molecule has 0 fully saturated rings. The number of nitrogens with zero attached hydrogens (tertiary/aromatic N) is 2. The summed E-state index contributed by atoms with van der Waals surface area (Å²) in [6.07, 6.45) is 0.858. The number of benzene rings is 2. The predicted octanol–water partition coefficient (Wildman–Crippen LogP) is 4.28. The number of carbonyl (C=O) groups is 1. The molecule has 2 aromatic carbocycles. The lowest BCUT2D eigenvalue weighted by atomic mass is 10.0. The second-order valence-electron chi connectivity index (χ2n) is 6.39. The number of hydrogen-bond acceptors (Lipinski definition) is 4. The predicted molar refractivity (Wildman–Crippen MR) is 106 cm³/mol. The molecule has 5 nitrogen and oxygen atoms in total. The third-order valence-electron chi connectivity index (χ3n) is 4.55. The molecule has 0 saturated heterocycles. The fraction of sp³-hybridized carbons (Fsp3) is 0.333. The molecule has 27 heavy (non-hydrogen) atoms. The molecular formula is C21H23ClN2O3. The molecule has 0 aromatic heterocycles. The maximum atomic E-state index is 12.4. The monoisotopic (exact) mass is 386 g/mol. The normalized spacial score (nSPS) is 15.8. The third kappa shape index (κ3) is 4.61. The molecule has 1 atom stereocenters. The largest absolute Gasteiger partial charge is 0.496 e. The maximum Gasteiger partial charge on any atom is 0.222 e. The molecule has 1 aliphatic rings. The quantitative estimate of drug-likeness (QED) is 0.713. The topological polar surface area (TPSA) is 51.1 Å². The Morgan fingerprint density at radius 3 is 2.74 bits per heavy atom. The molecule has 142 valence electrons. The van der Waals surface area contributed by atoms with Crippen molar-refractivity contribution < 1.29 is 14.4 Å². The van der Waals surface area contributed by atoms with Gasteiger partial charge in [0.25, 0.3) is 0 Å². The van der Waals surface area contributed by atoms with Crippen molar-refractivity contribution in [1.82, 2.24) is 4.90 Å². The van der Waals surface area contributed by atoms with Gasteiger partial charge in [0, 0.05) is 30.0 Å². The van der Waals surface area contributed by atoms with Crippen molar-refractivity contribution in [2.45, 2.75) is 32.4 Å². The Hall–Kier alpha value is -2.53. The number of halogens is 1. The first-order valence-electron chi connectivity index (χ1n) is 8.99. The van der Waals surface area contributed by atoms with Gasteiger partial charge < -0.3 is 14.5 Å². The van der Waals surface area contributed by atoms with Crippen LogP contribution in [0.25, 0.3) is 0 Å². The van der Waals surface area contributed by atoms with E-state index in [1.165, 1.54) is 0 Å². The fourth-order valence-corrected chi connectivity index (χ4v) is 3.32. The van der Waals surface area contributed by atoms with E-state index in [9.17, 15) is 4.79 Å².